The summed E-state index contributed by atoms with van der Waals surface area (Å²) in [7, 11) is 0. The summed E-state index contributed by atoms with van der Waals surface area (Å²) >= 11 is 0. The maximum atomic E-state index is 11.1. The number of phenols is 3. The van der Waals surface area contributed by atoms with Gasteiger partial charge >= 0.3 is 0 Å². The van der Waals surface area contributed by atoms with E-state index in [2.05, 4.69) is 5.10 Å². The highest BCUT2D eigenvalue weighted by molar-refractivity contribution is 5.87. The smallest absolute Gasteiger partial charge is 0.259 e. The molecule has 1 amide bonds. The lowest BCUT2D eigenvalue weighted by molar-refractivity contribution is -0.123. The quantitative estimate of drug-likeness (QED) is 0.238. The Kier molecular flexibility index (Phi) is 6.62. The van der Waals surface area contributed by atoms with E-state index in [0.717, 1.165) is 12.3 Å². The highest BCUT2D eigenvalue weighted by Gasteiger charge is 2.11. The van der Waals surface area contributed by atoms with Gasteiger partial charge in [-0.05, 0) is 12.1 Å². The van der Waals surface area contributed by atoms with Gasteiger partial charge in [-0.2, -0.15) is 5.10 Å². The molecular formula is C10H14ClN3O5. The molecule has 1 atom stereocenters. The maximum absolute atomic E-state index is 11.1. The Labute approximate surface area is 114 Å². The number of aliphatic hydroxyl groups excluding tert-OH is 1. The van der Waals surface area contributed by atoms with Crippen molar-refractivity contribution in [2.24, 2.45) is 10.8 Å². The Balaban J connectivity index is 0.00000324. The molecule has 0 saturated heterocycles. The SMILES string of the molecule is Cl.NC(CO)C(=O)N/N=C\c1ccc(O)c(O)c1O. The van der Waals surface area contributed by atoms with Crippen molar-refractivity contribution in [3.8, 4) is 17.2 Å². The number of aliphatic hydroxyl groups is 1. The molecule has 9 heteroatoms. The van der Waals surface area contributed by atoms with Crippen molar-refractivity contribution in [2.45, 2.75) is 6.04 Å². The Bertz CT molecular complexity index is 480. The van der Waals surface area contributed by atoms with E-state index < -0.39 is 35.8 Å². The van der Waals surface area contributed by atoms with Crippen LogP contribution in [-0.4, -0.2) is 45.2 Å². The van der Waals surface area contributed by atoms with Crippen molar-refractivity contribution < 1.29 is 25.2 Å². The molecule has 19 heavy (non-hydrogen) atoms. The van der Waals surface area contributed by atoms with Gasteiger partial charge in [0.05, 0.1) is 12.8 Å². The summed E-state index contributed by atoms with van der Waals surface area (Å²) in [5.74, 6) is -2.43. The molecule has 8 nitrogen and oxygen atoms in total. The molecule has 106 valence electrons. The monoisotopic (exact) mass is 291 g/mol. The Hall–Kier alpha value is -2.03. The zero-order valence-corrected chi connectivity index (χ0v) is 10.5. The van der Waals surface area contributed by atoms with E-state index in [-0.39, 0.29) is 18.0 Å². The number of nitrogens with one attached hydrogen (secondary N) is 1. The highest BCUT2D eigenvalue weighted by atomic mass is 35.5. The molecule has 0 aliphatic heterocycles. The van der Waals surface area contributed by atoms with Crippen LogP contribution >= 0.6 is 12.4 Å². The van der Waals surface area contributed by atoms with Gasteiger partial charge in [-0.15, -0.1) is 12.4 Å². The number of amides is 1. The van der Waals surface area contributed by atoms with Crippen LogP contribution in [0.3, 0.4) is 0 Å². The van der Waals surface area contributed by atoms with Crippen LogP contribution in [0, 0.1) is 0 Å². The predicted molar refractivity (Wildman–Crippen MR) is 69.5 cm³/mol. The first-order chi connectivity index (χ1) is 8.47. The molecule has 0 spiro atoms. The molecule has 0 aliphatic carbocycles. The van der Waals surface area contributed by atoms with Gasteiger partial charge in [-0.3, -0.25) is 4.79 Å². The van der Waals surface area contributed by atoms with Gasteiger partial charge in [0.1, 0.15) is 6.04 Å². The molecule has 7 N–H and O–H groups in total. The number of carbonyl (C=O) groups excluding carboxylic acids is 1. The lowest BCUT2D eigenvalue weighted by Gasteiger charge is -2.05. The molecule has 0 fully saturated rings. The van der Waals surface area contributed by atoms with E-state index in [1.165, 1.54) is 6.07 Å². The normalized spacial score (nSPS) is 11.9. The second-order valence-corrected chi connectivity index (χ2v) is 3.39. The van der Waals surface area contributed by atoms with Crippen LogP contribution in [0.2, 0.25) is 0 Å². The van der Waals surface area contributed by atoms with Crippen molar-refractivity contribution in [1.29, 1.82) is 0 Å². The predicted octanol–water partition coefficient (Wildman–Crippen LogP) is -1.01. The van der Waals surface area contributed by atoms with Gasteiger partial charge in [0, 0.05) is 5.56 Å². The van der Waals surface area contributed by atoms with Crippen LogP contribution in [0.1, 0.15) is 5.56 Å². The fourth-order valence-corrected chi connectivity index (χ4v) is 1.02. The van der Waals surface area contributed by atoms with Gasteiger partial charge in [-0.1, -0.05) is 0 Å². The lowest BCUT2D eigenvalue weighted by atomic mass is 10.2. The van der Waals surface area contributed by atoms with E-state index in [1.807, 2.05) is 5.43 Å². The van der Waals surface area contributed by atoms with Crippen LogP contribution in [0.5, 0.6) is 17.2 Å². The third kappa shape index (κ3) is 4.28. The van der Waals surface area contributed by atoms with E-state index in [1.54, 1.807) is 0 Å². The molecule has 0 aromatic heterocycles. The second kappa shape index (κ2) is 7.41. The van der Waals surface area contributed by atoms with E-state index >= 15 is 0 Å². The average molecular weight is 292 g/mol. The van der Waals surface area contributed by atoms with Crippen molar-refractivity contribution in [3.63, 3.8) is 0 Å². The average Bonchev–Trinajstić information content (AvgIpc) is 2.37. The standard InChI is InChI=1S/C10H13N3O5.ClH/c11-6(4-14)10(18)13-12-3-5-1-2-7(15)9(17)8(5)16;/h1-3,6,14-17H,4,11H2,(H,13,18);1H/b12-3-;. The first-order valence-corrected chi connectivity index (χ1v) is 4.90. The Morgan fingerprint density at radius 3 is 2.58 bits per heavy atom. The Morgan fingerprint density at radius 2 is 2.00 bits per heavy atom. The van der Waals surface area contributed by atoms with Gasteiger partial charge in [0.2, 0.25) is 5.75 Å². The Morgan fingerprint density at radius 1 is 1.37 bits per heavy atom. The molecule has 0 aliphatic rings. The number of halogens is 1. The van der Waals surface area contributed by atoms with Gasteiger partial charge in [0.15, 0.2) is 11.5 Å². The number of phenolic OH excluding ortho intramolecular Hbond substituents is 3. The molecule has 0 saturated carbocycles. The zero-order valence-electron chi connectivity index (χ0n) is 9.65. The fourth-order valence-electron chi connectivity index (χ4n) is 1.02. The number of nitrogens with zero attached hydrogens (tertiary/aromatic N) is 1. The number of carbonyl (C=O) groups is 1. The van der Waals surface area contributed by atoms with Crippen molar-refractivity contribution >= 4 is 24.5 Å². The third-order valence-corrected chi connectivity index (χ3v) is 2.07. The van der Waals surface area contributed by atoms with Gasteiger partial charge in [-0.25, -0.2) is 5.43 Å². The van der Waals surface area contributed by atoms with Crippen LogP contribution < -0.4 is 11.2 Å². The summed E-state index contributed by atoms with van der Waals surface area (Å²) in [6, 6.07) is 1.34. The number of benzene rings is 1. The van der Waals surface area contributed by atoms with Gasteiger partial charge in [0.25, 0.3) is 5.91 Å². The number of aromatic hydroxyl groups is 3. The van der Waals surface area contributed by atoms with Crippen LogP contribution in [-0.2, 0) is 4.79 Å². The molecule has 1 unspecified atom stereocenters. The molecule has 1 rings (SSSR count). The number of hydrogen-bond donors (Lipinski definition) is 6. The molecular weight excluding hydrogens is 278 g/mol. The first kappa shape index (κ1) is 17.0. The van der Waals surface area contributed by atoms with Crippen molar-refractivity contribution in [3.05, 3.63) is 17.7 Å². The largest absolute Gasteiger partial charge is 0.504 e. The van der Waals surface area contributed by atoms with Crippen LogP contribution in [0.25, 0.3) is 0 Å². The van der Waals surface area contributed by atoms with Crippen molar-refractivity contribution in [2.75, 3.05) is 6.61 Å². The number of rotatable bonds is 4. The minimum Gasteiger partial charge on any atom is -0.504 e. The molecule has 1 aromatic carbocycles. The summed E-state index contributed by atoms with van der Waals surface area (Å²) in [6.07, 6.45) is 1.05. The fraction of sp³-hybridized carbons (Fsp3) is 0.200. The highest BCUT2D eigenvalue weighted by Crippen LogP contribution is 2.36. The minimum absolute atomic E-state index is 0. The van der Waals surface area contributed by atoms with Crippen LogP contribution in [0.4, 0.5) is 0 Å². The van der Waals surface area contributed by atoms with E-state index in [9.17, 15) is 15.0 Å². The summed E-state index contributed by atoms with van der Waals surface area (Å²) < 4.78 is 0. The van der Waals surface area contributed by atoms with Crippen molar-refractivity contribution in [1.82, 2.24) is 5.43 Å². The maximum Gasteiger partial charge on any atom is 0.259 e. The third-order valence-electron chi connectivity index (χ3n) is 2.07. The summed E-state index contributed by atoms with van der Waals surface area (Å²) in [5.41, 5.74) is 7.33. The number of nitrogens with two attached hydrogens (primary N) is 1. The summed E-state index contributed by atoms with van der Waals surface area (Å²) in [4.78, 5) is 11.1. The number of hydrogen-bond acceptors (Lipinski definition) is 7. The van der Waals surface area contributed by atoms with Gasteiger partial charge < -0.3 is 26.2 Å². The summed E-state index contributed by atoms with van der Waals surface area (Å²) in [5, 5.41) is 39.8. The summed E-state index contributed by atoms with van der Waals surface area (Å²) in [6.45, 7) is -0.521. The number of hydrazone groups is 1. The molecule has 1 aromatic rings. The van der Waals surface area contributed by atoms with E-state index in [4.69, 9.17) is 15.9 Å². The molecule has 0 bridgehead atoms. The molecule has 0 radical (unpaired) electrons. The second-order valence-electron chi connectivity index (χ2n) is 3.39. The topological polar surface area (TPSA) is 148 Å². The lowest BCUT2D eigenvalue weighted by Crippen LogP contribution is -2.40. The molecule has 0 heterocycles. The minimum atomic E-state index is -1.09. The van der Waals surface area contributed by atoms with E-state index in [0.29, 0.717) is 0 Å². The van der Waals surface area contributed by atoms with Crippen LogP contribution in [0.15, 0.2) is 17.2 Å². The zero-order chi connectivity index (χ0) is 13.7. The first-order valence-electron chi connectivity index (χ1n) is 4.90.